The molecule has 0 aliphatic heterocycles. The third-order valence-electron chi connectivity index (χ3n) is 4.36. The van der Waals surface area contributed by atoms with Crippen molar-refractivity contribution >= 4 is 5.97 Å². The van der Waals surface area contributed by atoms with Crippen molar-refractivity contribution in [2.45, 2.75) is 59.0 Å². The molecule has 122 valence electrons. The quantitative estimate of drug-likeness (QED) is 0.811. The van der Waals surface area contributed by atoms with E-state index in [1.165, 1.54) is 6.42 Å². The molecule has 0 saturated heterocycles. The van der Waals surface area contributed by atoms with Crippen LogP contribution < -0.4 is 0 Å². The number of ether oxygens (including phenoxy) is 1. The molecule has 1 aliphatic rings. The lowest BCUT2D eigenvalue weighted by atomic mass is 9.98. The van der Waals surface area contributed by atoms with Gasteiger partial charge in [-0.2, -0.15) is 0 Å². The van der Waals surface area contributed by atoms with E-state index in [1.54, 1.807) is 4.68 Å². The molecule has 0 N–H and O–H groups in total. The molecule has 5 nitrogen and oxygen atoms in total. The monoisotopic (exact) mass is 313 g/mol. The lowest BCUT2D eigenvalue weighted by Crippen LogP contribution is -2.21. The van der Waals surface area contributed by atoms with Gasteiger partial charge in [0.25, 0.3) is 0 Å². The first kappa shape index (κ1) is 15.7. The van der Waals surface area contributed by atoms with Crippen LogP contribution in [0.4, 0.5) is 0 Å². The van der Waals surface area contributed by atoms with Crippen LogP contribution >= 0.6 is 0 Å². The van der Waals surface area contributed by atoms with Crippen LogP contribution in [0, 0.1) is 20.8 Å². The molecule has 2 aromatic rings. The van der Waals surface area contributed by atoms with E-state index < -0.39 is 0 Å². The Morgan fingerprint density at radius 3 is 2.39 bits per heavy atom. The Kier molecular flexibility index (Phi) is 4.46. The molecule has 0 atom stereocenters. The molecule has 23 heavy (non-hydrogen) atoms. The van der Waals surface area contributed by atoms with Gasteiger partial charge in [-0.25, -0.2) is 9.48 Å². The number of carbonyl (C=O) groups is 1. The Labute approximate surface area is 136 Å². The first-order valence-corrected chi connectivity index (χ1v) is 8.26. The third kappa shape index (κ3) is 3.44. The van der Waals surface area contributed by atoms with Gasteiger partial charge in [0.05, 0.1) is 11.4 Å². The molecule has 1 fully saturated rings. The highest BCUT2D eigenvalue weighted by Crippen LogP contribution is 2.22. The number of nitrogens with zero attached hydrogens (tertiary/aromatic N) is 3. The summed E-state index contributed by atoms with van der Waals surface area (Å²) >= 11 is 0. The summed E-state index contributed by atoms with van der Waals surface area (Å²) in [6.07, 6.45) is 5.43. The number of rotatable bonds is 3. The van der Waals surface area contributed by atoms with E-state index in [0.29, 0.717) is 5.69 Å². The van der Waals surface area contributed by atoms with Crippen LogP contribution in [-0.4, -0.2) is 27.1 Å². The predicted octanol–water partition coefficient (Wildman–Crippen LogP) is 3.68. The summed E-state index contributed by atoms with van der Waals surface area (Å²) in [5, 5.41) is 8.20. The number of aryl methyl sites for hydroxylation is 2. The summed E-state index contributed by atoms with van der Waals surface area (Å²) in [6.45, 7) is 5.94. The minimum atomic E-state index is -0.356. The van der Waals surface area contributed by atoms with Crippen LogP contribution in [0.1, 0.15) is 59.4 Å². The minimum absolute atomic E-state index is 0.0296. The fourth-order valence-electron chi connectivity index (χ4n) is 3.23. The van der Waals surface area contributed by atoms with Gasteiger partial charge in [-0.1, -0.05) is 17.7 Å². The zero-order valence-electron chi connectivity index (χ0n) is 14.0. The van der Waals surface area contributed by atoms with Crippen molar-refractivity contribution < 1.29 is 9.53 Å². The normalized spacial score (nSPS) is 15.6. The van der Waals surface area contributed by atoms with Crippen LogP contribution in [0.15, 0.2) is 18.2 Å². The molecule has 1 aliphatic carbocycles. The van der Waals surface area contributed by atoms with Crippen molar-refractivity contribution in [2.75, 3.05) is 0 Å². The van der Waals surface area contributed by atoms with Gasteiger partial charge in [0.15, 0.2) is 5.69 Å². The summed E-state index contributed by atoms with van der Waals surface area (Å²) in [7, 11) is 0. The number of esters is 1. The van der Waals surface area contributed by atoms with Crippen LogP contribution in [0.2, 0.25) is 0 Å². The lowest BCUT2D eigenvalue weighted by molar-refractivity contribution is 0.0203. The molecule has 0 bridgehead atoms. The first-order valence-electron chi connectivity index (χ1n) is 8.26. The second kappa shape index (κ2) is 6.52. The number of hydrogen-bond acceptors (Lipinski definition) is 4. The van der Waals surface area contributed by atoms with Crippen LogP contribution in [0.3, 0.4) is 0 Å². The Morgan fingerprint density at radius 2 is 1.74 bits per heavy atom. The number of carbonyl (C=O) groups excluding carboxylic acids is 1. The number of aromatic nitrogens is 3. The summed E-state index contributed by atoms with van der Waals surface area (Å²) < 4.78 is 7.31. The van der Waals surface area contributed by atoms with Crippen LogP contribution in [-0.2, 0) is 4.74 Å². The van der Waals surface area contributed by atoms with Crippen molar-refractivity contribution in [3.8, 4) is 5.69 Å². The molecule has 0 spiro atoms. The maximum Gasteiger partial charge on any atom is 0.361 e. The highest BCUT2D eigenvalue weighted by atomic mass is 16.5. The van der Waals surface area contributed by atoms with Gasteiger partial charge in [0.1, 0.15) is 6.10 Å². The van der Waals surface area contributed by atoms with Gasteiger partial charge in [-0.3, -0.25) is 0 Å². The molecule has 3 rings (SSSR count). The fraction of sp³-hybridized carbons (Fsp3) is 0.500. The summed E-state index contributed by atoms with van der Waals surface area (Å²) in [5.41, 5.74) is 4.26. The Bertz CT molecular complexity index is 695. The van der Waals surface area contributed by atoms with E-state index >= 15 is 0 Å². The van der Waals surface area contributed by atoms with E-state index in [-0.39, 0.29) is 12.1 Å². The second-order valence-electron chi connectivity index (χ2n) is 6.45. The van der Waals surface area contributed by atoms with E-state index in [1.807, 2.05) is 32.9 Å². The molecule has 0 amide bonds. The summed E-state index contributed by atoms with van der Waals surface area (Å²) in [5.74, 6) is -0.356. The number of benzene rings is 1. The first-order chi connectivity index (χ1) is 11.0. The molecule has 5 heteroatoms. The Balaban J connectivity index is 1.82. The van der Waals surface area contributed by atoms with Crippen molar-refractivity contribution in [1.29, 1.82) is 0 Å². The maximum atomic E-state index is 12.4. The molecule has 1 saturated carbocycles. The molecule has 1 aromatic heterocycles. The molecular weight excluding hydrogens is 290 g/mol. The zero-order chi connectivity index (χ0) is 16.4. The van der Waals surface area contributed by atoms with E-state index in [4.69, 9.17) is 4.74 Å². The highest BCUT2D eigenvalue weighted by molar-refractivity contribution is 5.88. The van der Waals surface area contributed by atoms with Crippen molar-refractivity contribution in [3.63, 3.8) is 0 Å². The Hall–Kier alpha value is -2.17. The average molecular weight is 313 g/mol. The largest absolute Gasteiger partial charge is 0.458 e. The van der Waals surface area contributed by atoms with E-state index in [9.17, 15) is 4.79 Å². The Morgan fingerprint density at radius 1 is 1.09 bits per heavy atom. The van der Waals surface area contributed by atoms with Crippen LogP contribution in [0.25, 0.3) is 5.69 Å². The minimum Gasteiger partial charge on any atom is -0.458 e. The molecule has 0 radical (unpaired) electrons. The van der Waals surface area contributed by atoms with Crippen molar-refractivity contribution in [3.05, 3.63) is 40.7 Å². The van der Waals surface area contributed by atoms with Crippen molar-refractivity contribution in [1.82, 2.24) is 15.0 Å². The molecular formula is C18H23N3O2. The summed E-state index contributed by atoms with van der Waals surface area (Å²) in [4.78, 5) is 12.4. The van der Waals surface area contributed by atoms with Gasteiger partial charge in [-0.05, 0) is 69.7 Å². The van der Waals surface area contributed by atoms with Gasteiger partial charge in [0, 0.05) is 0 Å². The predicted molar refractivity (Wildman–Crippen MR) is 87.9 cm³/mol. The fourth-order valence-corrected chi connectivity index (χ4v) is 3.23. The topological polar surface area (TPSA) is 57.0 Å². The summed E-state index contributed by atoms with van der Waals surface area (Å²) in [6, 6.07) is 6.17. The van der Waals surface area contributed by atoms with Gasteiger partial charge in [0.2, 0.25) is 0 Å². The maximum absolute atomic E-state index is 12.4. The van der Waals surface area contributed by atoms with E-state index in [0.717, 1.165) is 48.2 Å². The van der Waals surface area contributed by atoms with E-state index in [2.05, 4.69) is 16.4 Å². The van der Waals surface area contributed by atoms with Gasteiger partial charge >= 0.3 is 5.97 Å². The zero-order valence-corrected chi connectivity index (χ0v) is 14.0. The average Bonchev–Trinajstić information content (AvgIpc) is 2.89. The van der Waals surface area contributed by atoms with Crippen LogP contribution in [0.5, 0.6) is 0 Å². The highest BCUT2D eigenvalue weighted by Gasteiger charge is 2.23. The van der Waals surface area contributed by atoms with Gasteiger partial charge < -0.3 is 4.74 Å². The molecule has 0 unspecified atom stereocenters. The molecule has 1 heterocycles. The standard InChI is InChI=1S/C18H23N3O2/c1-12-9-13(2)11-15(10-12)21-14(3)17(19-20-21)18(22)23-16-7-5-4-6-8-16/h9-11,16H,4-8H2,1-3H3. The lowest BCUT2D eigenvalue weighted by Gasteiger charge is -2.21. The second-order valence-corrected chi connectivity index (χ2v) is 6.45. The third-order valence-corrected chi connectivity index (χ3v) is 4.36. The van der Waals surface area contributed by atoms with Gasteiger partial charge in [-0.15, -0.1) is 5.10 Å². The smallest absolute Gasteiger partial charge is 0.361 e. The SMILES string of the molecule is Cc1cc(C)cc(-n2nnc(C(=O)OC3CCCCC3)c2C)c1. The number of hydrogen-bond donors (Lipinski definition) is 0. The van der Waals surface area contributed by atoms with Crippen molar-refractivity contribution in [2.24, 2.45) is 0 Å². The molecule has 1 aromatic carbocycles.